The molecular formula is C19H26N2O5. The smallest absolute Gasteiger partial charge is 0.306 e. The molecule has 1 aliphatic heterocycles. The number of rotatable bonds is 7. The first-order chi connectivity index (χ1) is 12.5. The van der Waals surface area contributed by atoms with Crippen LogP contribution in [0.1, 0.15) is 43.0 Å². The monoisotopic (exact) mass is 362 g/mol. The van der Waals surface area contributed by atoms with Crippen molar-refractivity contribution in [1.82, 2.24) is 10.2 Å². The SMILES string of the molecule is CCOC(=O)CCC(=O)N1CCC(NC(=O)c2cccc(OC)c2)CC1. The summed E-state index contributed by atoms with van der Waals surface area (Å²) in [6, 6.07) is 7.04. The van der Waals surface area contributed by atoms with Gasteiger partial charge in [0.15, 0.2) is 0 Å². The van der Waals surface area contributed by atoms with Gasteiger partial charge in [0.25, 0.3) is 5.91 Å². The molecule has 1 aromatic carbocycles. The summed E-state index contributed by atoms with van der Waals surface area (Å²) < 4.78 is 9.97. The van der Waals surface area contributed by atoms with Gasteiger partial charge in [0.1, 0.15) is 5.75 Å². The first kappa shape index (κ1) is 19.8. The quantitative estimate of drug-likeness (QED) is 0.747. The first-order valence-corrected chi connectivity index (χ1v) is 8.91. The second kappa shape index (κ2) is 9.79. The third kappa shape index (κ3) is 5.75. The summed E-state index contributed by atoms with van der Waals surface area (Å²) in [7, 11) is 1.56. The molecule has 1 aromatic rings. The summed E-state index contributed by atoms with van der Waals surface area (Å²) >= 11 is 0. The fourth-order valence-corrected chi connectivity index (χ4v) is 2.91. The summed E-state index contributed by atoms with van der Waals surface area (Å²) in [5, 5.41) is 3.01. The lowest BCUT2D eigenvalue weighted by molar-refractivity contribution is -0.145. The van der Waals surface area contributed by atoms with Crippen LogP contribution in [0.2, 0.25) is 0 Å². The summed E-state index contributed by atoms with van der Waals surface area (Å²) in [5.74, 6) is 0.104. The molecule has 1 saturated heterocycles. The number of hydrogen-bond donors (Lipinski definition) is 1. The molecule has 0 spiro atoms. The fraction of sp³-hybridized carbons (Fsp3) is 0.526. The van der Waals surface area contributed by atoms with E-state index < -0.39 is 0 Å². The minimum absolute atomic E-state index is 0.0304. The van der Waals surface area contributed by atoms with Gasteiger partial charge in [-0.1, -0.05) is 6.07 Å². The molecule has 0 radical (unpaired) electrons. The molecule has 7 heteroatoms. The molecule has 2 rings (SSSR count). The Morgan fingerprint density at radius 3 is 2.58 bits per heavy atom. The Bertz CT molecular complexity index is 639. The highest BCUT2D eigenvalue weighted by molar-refractivity contribution is 5.94. The zero-order chi connectivity index (χ0) is 18.9. The van der Waals surface area contributed by atoms with Gasteiger partial charge in [0.2, 0.25) is 5.91 Å². The second-order valence-electron chi connectivity index (χ2n) is 6.17. The maximum atomic E-state index is 12.3. The number of carbonyl (C=O) groups is 3. The van der Waals surface area contributed by atoms with Crippen LogP contribution in [0.25, 0.3) is 0 Å². The normalized spacial score (nSPS) is 14.6. The first-order valence-electron chi connectivity index (χ1n) is 8.91. The van der Waals surface area contributed by atoms with Crippen LogP contribution in [0.3, 0.4) is 0 Å². The van der Waals surface area contributed by atoms with Gasteiger partial charge in [-0.25, -0.2) is 0 Å². The Morgan fingerprint density at radius 1 is 1.19 bits per heavy atom. The van der Waals surface area contributed by atoms with Crippen LogP contribution in [0, 0.1) is 0 Å². The Balaban J connectivity index is 1.76. The Labute approximate surface area is 153 Å². The van der Waals surface area contributed by atoms with E-state index >= 15 is 0 Å². The molecule has 1 N–H and O–H groups in total. The lowest BCUT2D eigenvalue weighted by Crippen LogP contribution is -2.46. The molecule has 26 heavy (non-hydrogen) atoms. The summed E-state index contributed by atoms with van der Waals surface area (Å²) in [6.45, 7) is 3.21. The maximum Gasteiger partial charge on any atom is 0.306 e. The molecule has 1 aliphatic rings. The molecule has 0 aliphatic carbocycles. The van der Waals surface area contributed by atoms with Crippen molar-refractivity contribution >= 4 is 17.8 Å². The van der Waals surface area contributed by atoms with Crippen molar-refractivity contribution in [2.24, 2.45) is 0 Å². The fourth-order valence-electron chi connectivity index (χ4n) is 2.91. The number of amides is 2. The second-order valence-corrected chi connectivity index (χ2v) is 6.17. The van der Waals surface area contributed by atoms with Crippen molar-refractivity contribution in [3.63, 3.8) is 0 Å². The van der Waals surface area contributed by atoms with E-state index in [2.05, 4.69) is 5.32 Å². The van der Waals surface area contributed by atoms with Crippen LogP contribution in [0.15, 0.2) is 24.3 Å². The Hall–Kier alpha value is -2.57. The minimum Gasteiger partial charge on any atom is -0.497 e. The lowest BCUT2D eigenvalue weighted by Gasteiger charge is -2.32. The Morgan fingerprint density at radius 2 is 1.92 bits per heavy atom. The predicted molar refractivity (Wildman–Crippen MR) is 95.9 cm³/mol. The van der Waals surface area contributed by atoms with Gasteiger partial charge in [-0.2, -0.15) is 0 Å². The molecule has 2 amide bonds. The zero-order valence-corrected chi connectivity index (χ0v) is 15.3. The molecule has 1 fully saturated rings. The molecule has 0 saturated carbocycles. The molecule has 142 valence electrons. The van der Waals surface area contributed by atoms with Crippen molar-refractivity contribution in [2.45, 2.75) is 38.6 Å². The van der Waals surface area contributed by atoms with Crippen LogP contribution < -0.4 is 10.1 Å². The number of ether oxygens (including phenoxy) is 2. The standard InChI is InChI=1S/C19H26N2O5/c1-3-26-18(23)8-7-17(22)21-11-9-15(10-12-21)20-19(24)14-5-4-6-16(13-14)25-2/h4-6,13,15H,3,7-12H2,1-2H3,(H,20,24). The average molecular weight is 362 g/mol. The van der Waals surface area contributed by atoms with Crippen molar-refractivity contribution < 1.29 is 23.9 Å². The number of methoxy groups -OCH3 is 1. The number of hydrogen-bond acceptors (Lipinski definition) is 5. The van der Waals surface area contributed by atoms with E-state index in [9.17, 15) is 14.4 Å². The van der Waals surface area contributed by atoms with Gasteiger partial charge in [0.05, 0.1) is 20.1 Å². The van der Waals surface area contributed by atoms with E-state index in [1.165, 1.54) is 0 Å². The minimum atomic E-state index is -0.346. The largest absolute Gasteiger partial charge is 0.497 e. The highest BCUT2D eigenvalue weighted by Crippen LogP contribution is 2.15. The van der Waals surface area contributed by atoms with Gasteiger partial charge in [-0.3, -0.25) is 14.4 Å². The van der Waals surface area contributed by atoms with Crippen molar-refractivity contribution in [3.8, 4) is 5.75 Å². The molecule has 0 bridgehead atoms. The molecular weight excluding hydrogens is 336 g/mol. The summed E-state index contributed by atoms with van der Waals surface area (Å²) in [6.07, 6.45) is 1.67. The van der Waals surface area contributed by atoms with Crippen molar-refractivity contribution in [3.05, 3.63) is 29.8 Å². The van der Waals surface area contributed by atoms with E-state index in [-0.39, 0.29) is 36.7 Å². The van der Waals surface area contributed by atoms with Gasteiger partial charge >= 0.3 is 5.97 Å². The number of esters is 1. The third-order valence-electron chi connectivity index (χ3n) is 4.36. The van der Waals surface area contributed by atoms with Gasteiger partial charge in [-0.05, 0) is 38.0 Å². The van der Waals surface area contributed by atoms with E-state index in [1.54, 1.807) is 43.2 Å². The third-order valence-corrected chi connectivity index (χ3v) is 4.36. The topological polar surface area (TPSA) is 84.9 Å². The van der Waals surface area contributed by atoms with E-state index in [1.807, 2.05) is 0 Å². The number of piperidine rings is 1. The number of benzene rings is 1. The van der Waals surface area contributed by atoms with E-state index in [0.717, 1.165) is 0 Å². The number of likely N-dealkylation sites (tertiary alicyclic amines) is 1. The molecule has 0 unspecified atom stereocenters. The molecule has 7 nitrogen and oxygen atoms in total. The van der Waals surface area contributed by atoms with Crippen LogP contribution in [-0.2, 0) is 14.3 Å². The van der Waals surface area contributed by atoms with Crippen molar-refractivity contribution in [2.75, 3.05) is 26.8 Å². The average Bonchev–Trinajstić information content (AvgIpc) is 2.67. The van der Waals surface area contributed by atoms with Gasteiger partial charge < -0.3 is 19.7 Å². The van der Waals surface area contributed by atoms with Gasteiger partial charge in [0, 0.05) is 31.1 Å². The number of nitrogens with zero attached hydrogens (tertiary/aromatic N) is 1. The number of carbonyl (C=O) groups excluding carboxylic acids is 3. The van der Waals surface area contributed by atoms with Crippen LogP contribution in [-0.4, -0.2) is 55.5 Å². The van der Waals surface area contributed by atoms with E-state index in [4.69, 9.17) is 9.47 Å². The summed E-state index contributed by atoms with van der Waals surface area (Å²) in [4.78, 5) is 37.6. The van der Waals surface area contributed by atoms with Crippen LogP contribution >= 0.6 is 0 Å². The van der Waals surface area contributed by atoms with Crippen molar-refractivity contribution in [1.29, 1.82) is 0 Å². The van der Waals surface area contributed by atoms with Crippen LogP contribution in [0.4, 0.5) is 0 Å². The Kier molecular flexibility index (Phi) is 7.44. The summed E-state index contributed by atoms with van der Waals surface area (Å²) in [5.41, 5.74) is 0.553. The van der Waals surface area contributed by atoms with Crippen LogP contribution in [0.5, 0.6) is 5.75 Å². The maximum absolute atomic E-state index is 12.3. The lowest BCUT2D eigenvalue weighted by atomic mass is 10.0. The molecule has 0 atom stereocenters. The molecule has 1 heterocycles. The highest BCUT2D eigenvalue weighted by atomic mass is 16.5. The molecule has 0 aromatic heterocycles. The zero-order valence-electron chi connectivity index (χ0n) is 15.3. The highest BCUT2D eigenvalue weighted by Gasteiger charge is 2.24. The number of nitrogens with one attached hydrogen (secondary N) is 1. The predicted octanol–water partition coefficient (Wildman–Crippen LogP) is 1.76. The van der Waals surface area contributed by atoms with E-state index in [0.29, 0.717) is 43.9 Å². The van der Waals surface area contributed by atoms with Gasteiger partial charge in [-0.15, -0.1) is 0 Å².